The molecule has 0 saturated carbocycles. The molecule has 1 aliphatic carbocycles. The van der Waals surface area contributed by atoms with Gasteiger partial charge in [-0.2, -0.15) is 0 Å². The van der Waals surface area contributed by atoms with Gasteiger partial charge in [-0.15, -0.1) is 0 Å². The van der Waals surface area contributed by atoms with Crippen molar-refractivity contribution in [2.24, 2.45) is 0 Å². The number of esters is 1. The van der Waals surface area contributed by atoms with Crippen molar-refractivity contribution >= 4 is 17.7 Å². The summed E-state index contributed by atoms with van der Waals surface area (Å²) in [6, 6.07) is 23.9. The van der Waals surface area contributed by atoms with E-state index in [1.54, 1.807) is 19.2 Å². The molecular weight excluding hydrogens is 921 g/mol. The lowest BCUT2D eigenvalue weighted by atomic mass is 9.98. The first-order valence-corrected chi connectivity index (χ1v) is 25.1. The van der Waals surface area contributed by atoms with E-state index >= 15 is 0 Å². The van der Waals surface area contributed by atoms with E-state index in [2.05, 4.69) is 36.5 Å². The Balaban J connectivity index is 0.763. The lowest BCUT2D eigenvalue weighted by Gasteiger charge is -2.19. The van der Waals surface area contributed by atoms with Crippen molar-refractivity contribution in [3.63, 3.8) is 0 Å². The number of hydrogen-bond acceptors (Lipinski definition) is 17. The van der Waals surface area contributed by atoms with Crippen LogP contribution in [0.1, 0.15) is 47.2 Å². The van der Waals surface area contributed by atoms with E-state index in [0.717, 1.165) is 25.1 Å². The van der Waals surface area contributed by atoms with Crippen LogP contribution in [0.5, 0.6) is 0 Å². The van der Waals surface area contributed by atoms with Crippen LogP contribution in [0.4, 0.5) is 10.5 Å². The summed E-state index contributed by atoms with van der Waals surface area (Å²) >= 11 is 0. The molecule has 0 aliphatic heterocycles. The summed E-state index contributed by atoms with van der Waals surface area (Å²) in [6.45, 7) is 14.8. The van der Waals surface area contributed by atoms with Gasteiger partial charge in [0.15, 0.2) is 0 Å². The number of hydrogen-bond donors (Lipinski definition) is 1. The topological polar surface area (TPSA) is 179 Å². The molecule has 1 aliphatic rings. The Kier molecular flexibility index (Phi) is 33.6. The molecule has 0 fully saturated rings. The van der Waals surface area contributed by atoms with E-state index in [-0.39, 0.29) is 24.6 Å². The second-order valence-corrected chi connectivity index (χ2v) is 16.1. The van der Waals surface area contributed by atoms with Crippen LogP contribution in [-0.4, -0.2) is 209 Å². The molecule has 398 valence electrons. The maximum Gasteiger partial charge on any atom is 0.409 e. The number of anilines is 1. The van der Waals surface area contributed by atoms with Crippen molar-refractivity contribution in [3.05, 3.63) is 89.5 Å². The van der Waals surface area contributed by atoms with E-state index in [0.29, 0.717) is 177 Å². The summed E-state index contributed by atoms with van der Waals surface area (Å²) in [7, 11) is 1.71. The highest BCUT2D eigenvalue weighted by Gasteiger charge is 2.29. The molecule has 4 rings (SSSR count). The molecule has 3 aromatic rings. The van der Waals surface area contributed by atoms with Gasteiger partial charge >= 0.3 is 12.1 Å². The normalized spacial score (nSPS) is 12.0. The fourth-order valence-electron chi connectivity index (χ4n) is 6.93. The number of benzene rings is 3. The van der Waals surface area contributed by atoms with Crippen LogP contribution >= 0.6 is 0 Å². The Morgan fingerprint density at radius 1 is 0.451 bits per heavy atom. The molecule has 18 heteroatoms. The number of fused-ring (bicyclic) bond motifs is 3. The van der Waals surface area contributed by atoms with Crippen LogP contribution in [-0.2, 0) is 66.3 Å². The predicted octanol–water partition coefficient (Wildman–Crippen LogP) is 6.14. The second kappa shape index (κ2) is 40.2. The van der Waals surface area contributed by atoms with Crippen LogP contribution < -0.4 is 5.32 Å². The Morgan fingerprint density at radius 3 is 1.18 bits per heavy atom. The molecular formula is C53H80N2O16. The lowest BCUT2D eigenvalue weighted by Crippen LogP contribution is -2.32. The number of nitrogens with one attached hydrogen (secondary N) is 1. The summed E-state index contributed by atoms with van der Waals surface area (Å²) in [5, 5.41) is 3.32. The smallest absolute Gasteiger partial charge is 0.409 e. The number of unbranched alkanes of at least 4 members (excludes halogenated alkanes) is 1. The molecule has 0 unspecified atom stereocenters. The maximum atomic E-state index is 12.6. The van der Waals surface area contributed by atoms with Crippen LogP contribution in [0.2, 0.25) is 0 Å². The highest BCUT2D eigenvalue weighted by Crippen LogP contribution is 2.44. The maximum absolute atomic E-state index is 12.6. The number of ether oxygens (including phenoxy) is 14. The first kappa shape index (κ1) is 59.3. The van der Waals surface area contributed by atoms with Crippen molar-refractivity contribution in [2.45, 2.75) is 25.7 Å². The van der Waals surface area contributed by atoms with E-state index < -0.39 is 0 Å². The molecule has 1 N–H and O–H groups in total. The highest BCUT2D eigenvalue weighted by atomic mass is 16.6. The fourth-order valence-corrected chi connectivity index (χ4v) is 6.93. The molecule has 3 aromatic carbocycles. The van der Waals surface area contributed by atoms with Gasteiger partial charge in [0.2, 0.25) is 0 Å². The zero-order valence-corrected chi connectivity index (χ0v) is 42.2. The zero-order valence-electron chi connectivity index (χ0n) is 42.2. The Labute approximate surface area is 421 Å². The van der Waals surface area contributed by atoms with Crippen LogP contribution in [0.15, 0.2) is 72.8 Å². The number of carbonyl (C=O) groups is 2. The van der Waals surface area contributed by atoms with E-state index in [1.165, 1.54) is 27.2 Å². The molecule has 0 aromatic heterocycles. The number of amides is 1. The van der Waals surface area contributed by atoms with Gasteiger partial charge in [-0.3, -0.25) is 0 Å². The second-order valence-electron chi connectivity index (χ2n) is 16.1. The van der Waals surface area contributed by atoms with Crippen molar-refractivity contribution < 1.29 is 75.9 Å². The Hall–Kier alpha value is -4.28. The molecule has 0 saturated heterocycles. The third kappa shape index (κ3) is 26.8. The quantitative estimate of drug-likeness (QED) is 0.0504. The highest BCUT2D eigenvalue weighted by molar-refractivity contribution is 5.89. The number of carbonyl (C=O) groups excluding carboxylic acids is 2. The molecule has 0 bridgehead atoms. The number of rotatable bonds is 46. The predicted molar refractivity (Wildman–Crippen MR) is 268 cm³/mol. The van der Waals surface area contributed by atoms with Crippen molar-refractivity contribution in [2.75, 3.05) is 197 Å². The third-order valence-corrected chi connectivity index (χ3v) is 10.8. The van der Waals surface area contributed by atoms with Gasteiger partial charge < -0.3 is 76.5 Å². The van der Waals surface area contributed by atoms with E-state index in [9.17, 15) is 9.59 Å². The third-order valence-electron chi connectivity index (χ3n) is 10.8. The molecule has 0 atom stereocenters. The van der Waals surface area contributed by atoms with Gasteiger partial charge in [-0.1, -0.05) is 61.9 Å². The molecule has 0 radical (unpaired) electrons. The van der Waals surface area contributed by atoms with E-state index in [1.807, 2.05) is 36.4 Å². The van der Waals surface area contributed by atoms with Crippen molar-refractivity contribution in [1.29, 1.82) is 0 Å². The monoisotopic (exact) mass is 1000 g/mol. The van der Waals surface area contributed by atoms with Crippen LogP contribution in [0.3, 0.4) is 0 Å². The molecule has 18 nitrogen and oxygen atoms in total. The molecule has 71 heavy (non-hydrogen) atoms. The molecule has 0 heterocycles. The number of likely N-dealkylation sites (N-methyl/N-ethyl adjacent to an activating group) is 1. The Morgan fingerprint density at radius 2 is 0.803 bits per heavy atom. The SMILES string of the molecule is CCCCNc1ccc(C(=O)OCCOCCOCCOCCOCCOCCOCCOCCOCCOCCOCCOCCOCCN(C)C(=O)OCC2c3ccccc3-c3ccccc32)cc1. The average Bonchev–Trinajstić information content (AvgIpc) is 3.71. The standard InChI is InChI=1S/C53H80N2O16/c1-3-4-17-54-46-15-13-45(14-16-46)52(56)70-43-42-69-41-40-68-39-38-67-37-36-66-35-34-65-33-32-64-31-30-63-29-28-62-27-26-61-25-24-60-23-22-59-21-20-58-19-18-55(2)53(57)71-44-51-49-11-7-5-9-47(49)48-10-6-8-12-50(48)51/h5-16,51,54H,3-4,17-44H2,1-2H3. The average molecular weight is 1000 g/mol. The van der Waals surface area contributed by atoms with Gasteiger partial charge in [0, 0.05) is 31.7 Å². The van der Waals surface area contributed by atoms with Gasteiger partial charge in [0.1, 0.15) is 13.2 Å². The molecule has 1 amide bonds. The minimum absolute atomic E-state index is 0.0315. The summed E-state index contributed by atoms with van der Waals surface area (Å²) in [5.41, 5.74) is 6.28. The fraction of sp³-hybridized carbons (Fsp3) is 0.623. The summed E-state index contributed by atoms with van der Waals surface area (Å²) in [4.78, 5) is 26.4. The van der Waals surface area contributed by atoms with Gasteiger partial charge in [-0.05, 0) is 52.9 Å². The summed E-state index contributed by atoms with van der Waals surface area (Å²) in [6.07, 6.45) is 1.86. The van der Waals surface area contributed by atoms with Gasteiger partial charge in [0.05, 0.1) is 164 Å². The first-order chi connectivity index (χ1) is 35.1. The number of nitrogens with zero attached hydrogens (tertiary/aromatic N) is 1. The minimum atomic E-state index is -0.369. The van der Waals surface area contributed by atoms with E-state index in [4.69, 9.17) is 66.3 Å². The van der Waals surface area contributed by atoms with Crippen molar-refractivity contribution in [3.8, 4) is 11.1 Å². The van der Waals surface area contributed by atoms with Crippen LogP contribution in [0, 0.1) is 0 Å². The minimum Gasteiger partial charge on any atom is -0.460 e. The summed E-state index contributed by atoms with van der Waals surface area (Å²) in [5.74, 6) is -0.335. The van der Waals surface area contributed by atoms with Gasteiger partial charge in [-0.25, -0.2) is 9.59 Å². The first-order valence-electron chi connectivity index (χ1n) is 25.1. The summed E-state index contributed by atoms with van der Waals surface area (Å²) < 4.78 is 77.3. The van der Waals surface area contributed by atoms with Crippen molar-refractivity contribution in [1.82, 2.24) is 4.90 Å². The van der Waals surface area contributed by atoms with Crippen LogP contribution in [0.25, 0.3) is 11.1 Å². The van der Waals surface area contributed by atoms with Gasteiger partial charge in [0.25, 0.3) is 0 Å². The lowest BCUT2D eigenvalue weighted by molar-refractivity contribution is -0.0288. The zero-order chi connectivity index (χ0) is 50.1. The molecule has 0 spiro atoms. The largest absolute Gasteiger partial charge is 0.460 e. The Bertz CT molecular complexity index is 1740.